The van der Waals surface area contributed by atoms with Gasteiger partial charge in [0, 0.05) is 0 Å². The molecule has 0 saturated heterocycles. The van der Waals surface area contributed by atoms with Crippen LogP contribution in [0, 0.1) is 20.8 Å². The van der Waals surface area contributed by atoms with Crippen LogP contribution in [0.1, 0.15) is 27.2 Å². The summed E-state index contributed by atoms with van der Waals surface area (Å²) in [6, 6.07) is 4.05. The molecule has 5 heteroatoms. The Bertz CT molecular complexity index is 621. The number of hydrogen-bond donors (Lipinski definition) is 1. The summed E-state index contributed by atoms with van der Waals surface area (Å²) in [6.45, 7) is 5.94. The Balaban J connectivity index is 2.72. The minimum Gasteiger partial charge on any atom is -0.464 e. The van der Waals surface area contributed by atoms with Crippen LogP contribution in [0.15, 0.2) is 16.7 Å². The van der Waals surface area contributed by atoms with Crippen molar-refractivity contribution >= 4 is 11.9 Å². The van der Waals surface area contributed by atoms with E-state index in [4.69, 9.17) is 15.0 Å². The van der Waals surface area contributed by atoms with Gasteiger partial charge in [-0.3, -0.25) is 0 Å². The van der Waals surface area contributed by atoms with Crippen LogP contribution in [-0.4, -0.2) is 18.2 Å². The van der Waals surface area contributed by atoms with Crippen molar-refractivity contribution in [2.45, 2.75) is 20.8 Å². The molecule has 0 radical (unpaired) electrons. The molecule has 0 amide bonds. The molecule has 1 aromatic heterocycles. The standard InChI is InChI=1S/C14H16N2O3/c1-7-5-8(2)10(9(3)6-7)11-12(14(17)18-4)16-19-13(11)15/h5-6H,15H2,1-4H3. The zero-order valence-corrected chi connectivity index (χ0v) is 11.4. The number of rotatable bonds is 2. The number of carbonyl (C=O) groups is 1. The maximum absolute atomic E-state index is 11.7. The number of anilines is 1. The van der Waals surface area contributed by atoms with E-state index in [0.29, 0.717) is 5.56 Å². The Morgan fingerprint density at radius 3 is 2.32 bits per heavy atom. The fourth-order valence-electron chi connectivity index (χ4n) is 2.35. The van der Waals surface area contributed by atoms with Crippen molar-refractivity contribution in [3.05, 3.63) is 34.5 Å². The number of hydrogen-bond acceptors (Lipinski definition) is 5. The highest BCUT2D eigenvalue weighted by Crippen LogP contribution is 2.35. The molecular formula is C14H16N2O3. The molecule has 5 nitrogen and oxygen atoms in total. The van der Waals surface area contributed by atoms with Gasteiger partial charge in [0.05, 0.1) is 12.7 Å². The average Bonchev–Trinajstić information content (AvgIpc) is 2.70. The number of ether oxygens (including phenoxy) is 1. The van der Waals surface area contributed by atoms with E-state index in [1.807, 2.05) is 32.9 Å². The Morgan fingerprint density at radius 2 is 1.79 bits per heavy atom. The Labute approximate surface area is 111 Å². The van der Waals surface area contributed by atoms with Crippen molar-refractivity contribution < 1.29 is 14.1 Å². The first-order valence-electron chi connectivity index (χ1n) is 5.87. The summed E-state index contributed by atoms with van der Waals surface area (Å²) in [5.74, 6) is -0.440. The second-order valence-electron chi connectivity index (χ2n) is 4.54. The molecule has 0 spiro atoms. The third-order valence-electron chi connectivity index (χ3n) is 3.02. The first-order chi connectivity index (χ1) is 8.95. The van der Waals surface area contributed by atoms with E-state index in [0.717, 1.165) is 22.3 Å². The van der Waals surface area contributed by atoms with Gasteiger partial charge in [-0.1, -0.05) is 22.9 Å². The molecule has 0 unspecified atom stereocenters. The van der Waals surface area contributed by atoms with Crippen molar-refractivity contribution in [1.82, 2.24) is 5.16 Å². The smallest absolute Gasteiger partial charge is 0.361 e. The second kappa shape index (κ2) is 4.76. The summed E-state index contributed by atoms with van der Waals surface area (Å²) in [5.41, 5.74) is 10.4. The molecule has 0 aliphatic carbocycles. The lowest BCUT2D eigenvalue weighted by atomic mass is 9.93. The van der Waals surface area contributed by atoms with Crippen molar-refractivity contribution in [2.24, 2.45) is 0 Å². The second-order valence-corrected chi connectivity index (χ2v) is 4.54. The maximum atomic E-state index is 11.7. The van der Waals surface area contributed by atoms with Crippen LogP contribution in [0.3, 0.4) is 0 Å². The van der Waals surface area contributed by atoms with Crippen LogP contribution in [0.4, 0.5) is 5.88 Å². The molecule has 1 heterocycles. The number of nitrogen functional groups attached to an aromatic ring is 1. The van der Waals surface area contributed by atoms with Crippen LogP contribution < -0.4 is 5.73 Å². The summed E-state index contributed by atoms with van der Waals surface area (Å²) < 4.78 is 9.64. The largest absolute Gasteiger partial charge is 0.464 e. The number of carbonyl (C=O) groups excluding carboxylic acids is 1. The number of esters is 1. The average molecular weight is 260 g/mol. The first kappa shape index (κ1) is 13.1. The van der Waals surface area contributed by atoms with E-state index in [9.17, 15) is 4.79 Å². The van der Waals surface area contributed by atoms with Crippen LogP contribution in [0.2, 0.25) is 0 Å². The van der Waals surface area contributed by atoms with Gasteiger partial charge < -0.3 is 15.0 Å². The molecule has 2 aromatic rings. The highest BCUT2D eigenvalue weighted by atomic mass is 16.5. The van der Waals surface area contributed by atoms with Gasteiger partial charge in [0.15, 0.2) is 0 Å². The number of nitrogens with zero attached hydrogens (tertiary/aromatic N) is 1. The minimum atomic E-state index is -0.560. The summed E-state index contributed by atoms with van der Waals surface area (Å²) in [5, 5.41) is 3.69. The zero-order valence-electron chi connectivity index (χ0n) is 11.4. The van der Waals surface area contributed by atoms with Crippen molar-refractivity contribution in [3.8, 4) is 11.1 Å². The maximum Gasteiger partial charge on any atom is 0.361 e. The Hall–Kier alpha value is -2.30. The van der Waals surface area contributed by atoms with Gasteiger partial charge in [0.25, 0.3) is 0 Å². The lowest BCUT2D eigenvalue weighted by molar-refractivity contribution is 0.0590. The van der Waals surface area contributed by atoms with Crippen LogP contribution in [0.25, 0.3) is 11.1 Å². The highest BCUT2D eigenvalue weighted by Gasteiger charge is 2.24. The molecule has 100 valence electrons. The van der Waals surface area contributed by atoms with Crippen molar-refractivity contribution in [3.63, 3.8) is 0 Å². The number of aryl methyl sites for hydroxylation is 3. The predicted molar refractivity (Wildman–Crippen MR) is 71.9 cm³/mol. The molecule has 0 atom stereocenters. The first-order valence-corrected chi connectivity index (χ1v) is 5.87. The molecule has 19 heavy (non-hydrogen) atoms. The number of benzene rings is 1. The SMILES string of the molecule is COC(=O)c1noc(N)c1-c1c(C)cc(C)cc1C. The van der Waals surface area contributed by atoms with Gasteiger partial charge in [-0.25, -0.2) is 4.79 Å². The zero-order chi connectivity index (χ0) is 14.2. The predicted octanol–water partition coefficient (Wildman–Crippen LogP) is 2.64. The number of nitrogens with two attached hydrogens (primary N) is 1. The summed E-state index contributed by atoms with van der Waals surface area (Å²) in [4.78, 5) is 11.7. The van der Waals surface area contributed by atoms with Gasteiger partial charge in [0.1, 0.15) is 0 Å². The lowest BCUT2D eigenvalue weighted by Crippen LogP contribution is -2.05. The normalized spacial score (nSPS) is 10.5. The third-order valence-corrected chi connectivity index (χ3v) is 3.02. The van der Waals surface area contributed by atoms with Gasteiger partial charge >= 0.3 is 5.97 Å². The minimum absolute atomic E-state index is 0.107. The molecule has 0 saturated carbocycles. The van der Waals surface area contributed by atoms with E-state index >= 15 is 0 Å². The van der Waals surface area contributed by atoms with Crippen LogP contribution in [-0.2, 0) is 4.74 Å². The van der Waals surface area contributed by atoms with Crippen molar-refractivity contribution in [2.75, 3.05) is 12.8 Å². The van der Waals surface area contributed by atoms with Crippen LogP contribution >= 0.6 is 0 Å². The third kappa shape index (κ3) is 2.19. The van der Waals surface area contributed by atoms with Gasteiger partial charge in [-0.05, 0) is 37.5 Å². The van der Waals surface area contributed by atoms with E-state index < -0.39 is 5.97 Å². The van der Waals surface area contributed by atoms with Gasteiger partial charge in [-0.15, -0.1) is 0 Å². The topological polar surface area (TPSA) is 78.3 Å². The lowest BCUT2D eigenvalue weighted by Gasteiger charge is -2.11. The van der Waals surface area contributed by atoms with Gasteiger partial charge in [-0.2, -0.15) is 0 Å². The molecule has 1 aromatic carbocycles. The summed E-state index contributed by atoms with van der Waals surface area (Å²) in [6.07, 6.45) is 0. The van der Waals surface area contributed by atoms with Gasteiger partial charge in [0.2, 0.25) is 11.6 Å². The van der Waals surface area contributed by atoms with E-state index in [2.05, 4.69) is 5.16 Å². The van der Waals surface area contributed by atoms with E-state index in [-0.39, 0.29) is 11.6 Å². The fourth-order valence-corrected chi connectivity index (χ4v) is 2.35. The van der Waals surface area contributed by atoms with E-state index in [1.54, 1.807) is 0 Å². The molecule has 2 N–H and O–H groups in total. The number of aromatic nitrogens is 1. The quantitative estimate of drug-likeness (QED) is 0.840. The molecule has 0 fully saturated rings. The molecular weight excluding hydrogens is 244 g/mol. The number of methoxy groups -OCH3 is 1. The molecule has 2 rings (SSSR count). The monoisotopic (exact) mass is 260 g/mol. The fraction of sp³-hybridized carbons (Fsp3) is 0.286. The highest BCUT2D eigenvalue weighted by molar-refractivity contribution is 5.99. The van der Waals surface area contributed by atoms with E-state index in [1.165, 1.54) is 7.11 Å². The van der Waals surface area contributed by atoms with Crippen molar-refractivity contribution in [1.29, 1.82) is 0 Å². The molecule has 0 aliphatic rings. The Kier molecular flexibility index (Phi) is 3.29. The molecule has 0 aliphatic heterocycles. The summed E-state index contributed by atoms with van der Waals surface area (Å²) in [7, 11) is 1.30. The summed E-state index contributed by atoms with van der Waals surface area (Å²) >= 11 is 0. The molecule has 0 bridgehead atoms. The van der Waals surface area contributed by atoms with Crippen LogP contribution in [0.5, 0.6) is 0 Å². The Morgan fingerprint density at radius 1 is 1.21 bits per heavy atom.